The maximum absolute atomic E-state index is 12.2. The molecule has 132 valence electrons. The Kier molecular flexibility index (Phi) is 7.09. The average molecular weight is 332 g/mol. The van der Waals surface area contributed by atoms with Gasteiger partial charge >= 0.3 is 12.0 Å². The minimum absolute atomic E-state index is 0.0477. The highest BCUT2D eigenvalue weighted by molar-refractivity contribution is 5.74. The van der Waals surface area contributed by atoms with Crippen LogP contribution >= 0.6 is 0 Å². The lowest BCUT2D eigenvalue weighted by atomic mass is 9.86. The molecular formula is C19H28N2O3. The second kappa shape index (κ2) is 9.30. The number of carboxylic acids is 1. The van der Waals surface area contributed by atoms with Gasteiger partial charge in [-0.1, -0.05) is 30.3 Å². The summed E-state index contributed by atoms with van der Waals surface area (Å²) < 4.78 is 0. The van der Waals surface area contributed by atoms with E-state index in [4.69, 9.17) is 5.11 Å². The highest BCUT2D eigenvalue weighted by atomic mass is 16.4. The van der Waals surface area contributed by atoms with Crippen molar-refractivity contribution in [3.05, 3.63) is 35.9 Å². The van der Waals surface area contributed by atoms with Crippen LogP contribution in [0.3, 0.4) is 0 Å². The van der Waals surface area contributed by atoms with Crippen LogP contribution in [0, 0.1) is 5.92 Å². The molecule has 0 unspecified atom stereocenters. The Morgan fingerprint density at radius 3 is 2.42 bits per heavy atom. The van der Waals surface area contributed by atoms with E-state index in [0.29, 0.717) is 12.8 Å². The van der Waals surface area contributed by atoms with Crippen molar-refractivity contribution in [2.75, 3.05) is 13.6 Å². The first-order chi connectivity index (χ1) is 11.6. The van der Waals surface area contributed by atoms with Crippen LogP contribution in [0.4, 0.5) is 4.79 Å². The molecule has 2 N–H and O–H groups in total. The molecule has 1 saturated carbocycles. The van der Waals surface area contributed by atoms with Gasteiger partial charge in [-0.05, 0) is 50.5 Å². The maximum Gasteiger partial charge on any atom is 0.317 e. The number of nitrogens with one attached hydrogen (secondary N) is 1. The lowest BCUT2D eigenvalue weighted by Crippen LogP contribution is -2.45. The van der Waals surface area contributed by atoms with Crippen LogP contribution in [0.2, 0.25) is 0 Å². The lowest BCUT2D eigenvalue weighted by molar-refractivity contribution is -0.142. The van der Waals surface area contributed by atoms with E-state index in [1.807, 2.05) is 25.2 Å². The second-order valence-electron chi connectivity index (χ2n) is 6.70. The number of benzene rings is 1. The molecule has 0 atom stereocenters. The van der Waals surface area contributed by atoms with Gasteiger partial charge in [0.1, 0.15) is 0 Å². The molecule has 1 aromatic rings. The summed E-state index contributed by atoms with van der Waals surface area (Å²) in [6, 6.07) is 10.4. The molecule has 2 amide bonds. The molecule has 0 radical (unpaired) electrons. The highest BCUT2D eigenvalue weighted by Crippen LogP contribution is 2.24. The third-order valence-electron chi connectivity index (χ3n) is 4.80. The summed E-state index contributed by atoms with van der Waals surface area (Å²) in [6.07, 6.45) is 5.89. The zero-order valence-electron chi connectivity index (χ0n) is 14.4. The number of urea groups is 1. The average Bonchev–Trinajstić information content (AvgIpc) is 2.60. The molecule has 5 heteroatoms. The van der Waals surface area contributed by atoms with Gasteiger partial charge in [-0.15, -0.1) is 0 Å². The van der Waals surface area contributed by atoms with Crippen LogP contribution in [-0.4, -0.2) is 41.6 Å². The van der Waals surface area contributed by atoms with Gasteiger partial charge in [0, 0.05) is 19.6 Å². The monoisotopic (exact) mass is 332 g/mol. The molecule has 5 nitrogen and oxygen atoms in total. The van der Waals surface area contributed by atoms with Gasteiger partial charge in [-0.3, -0.25) is 4.79 Å². The van der Waals surface area contributed by atoms with Gasteiger partial charge in [0.2, 0.25) is 0 Å². The van der Waals surface area contributed by atoms with Gasteiger partial charge in [0.15, 0.2) is 0 Å². The van der Waals surface area contributed by atoms with Crippen LogP contribution in [0.1, 0.15) is 44.1 Å². The van der Waals surface area contributed by atoms with Gasteiger partial charge in [0.05, 0.1) is 5.92 Å². The van der Waals surface area contributed by atoms with E-state index < -0.39 is 5.97 Å². The number of nitrogens with zero attached hydrogens (tertiary/aromatic N) is 1. The van der Waals surface area contributed by atoms with Crippen LogP contribution < -0.4 is 5.32 Å². The Labute approximate surface area is 144 Å². The Morgan fingerprint density at radius 1 is 1.12 bits per heavy atom. The van der Waals surface area contributed by atoms with Crippen LogP contribution in [0.25, 0.3) is 0 Å². The van der Waals surface area contributed by atoms with Crippen molar-refractivity contribution < 1.29 is 14.7 Å². The molecular weight excluding hydrogens is 304 g/mol. The largest absolute Gasteiger partial charge is 0.481 e. The van der Waals surface area contributed by atoms with Gasteiger partial charge in [0.25, 0.3) is 0 Å². The van der Waals surface area contributed by atoms with E-state index in [1.54, 1.807) is 4.90 Å². The number of hydrogen-bond donors (Lipinski definition) is 2. The third kappa shape index (κ3) is 5.87. The normalized spacial score (nSPS) is 20.4. The van der Waals surface area contributed by atoms with Crippen molar-refractivity contribution in [3.8, 4) is 0 Å². The van der Waals surface area contributed by atoms with E-state index >= 15 is 0 Å². The molecule has 24 heavy (non-hydrogen) atoms. The van der Waals surface area contributed by atoms with Crippen molar-refractivity contribution in [3.63, 3.8) is 0 Å². The number of aliphatic carboxylic acids is 1. The number of carbonyl (C=O) groups excluding carboxylic acids is 1. The van der Waals surface area contributed by atoms with Gasteiger partial charge in [-0.2, -0.15) is 0 Å². The molecule has 0 saturated heterocycles. The first-order valence-corrected chi connectivity index (χ1v) is 8.84. The van der Waals surface area contributed by atoms with Crippen molar-refractivity contribution >= 4 is 12.0 Å². The third-order valence-corrected chi connectivity index (χ3v) is 4.80. The van der Waals surface area contributed by atoms with E-state index in [-0.39, 0.29) is 18.0 Å². The first kappa shape index (κ1) is 18.3. The molecule has 0 heterocycles. The van der Waals surface area contributed by atoms with Crippen molar-refractivity contribution in [1.82, 2.24) is 10.2 Å². The molecule has 1 fully saturated rings. The maximum atomic E-state index is 12.2. The quantitative estimate of drug-likeness (QED) is 0.753. The summed E-state index contributed by atoms with van der Waals surface area (Å²) in [5.41, 5.74) is 1.33. The second-order valence-corrected chi connectivity index (χ2v) is 6.70. The number of rotatable bonds is 7. The molecule has 0 spiro atoms. The summed E-state index contributed by atoms with van der Waals surface area (Å²) in [5.74, 6) is -0.954. The van der Waals surface area contributed by atoms with Crippen LogP contribution in [0.15, 0.2) is 30.3 Å². The number of unbranched alkanes of at least 4 members (excludes halogenated alkanes) is 1. The zero-order valence-corrected chi connectivity index (χ0v) is 14.4. The Morgan fingerprint density at radius 2 is 1.79 bits per heavy atom. The number of amides is 2. The predicted molar refractivity (Wildman–Crippen MR) is 93.9 cm³/mol. The van der Waals surface area contributed by atoms with Crippen molar-refractivity contribution in [2.24, 2.45) is 5.92 Å². The van der Waals surface area contributed by atoms with Gasteiger partial charge in [-0.25, -0.2) is 4.79 Å². The minimum Gasteiger partial charge on any atom is -0.481 e. The smallest absolute Gasteiger partial charge is 0.317 e. The number of carboxylic acid groups (broad SMARTS) is 1. The van der Waals surface area contributed by atoms with Gasteiger partial charge < -0.3 is 15.3 Å². The fourth-order valence-corrected chi connectivity index (χ4v) is 3.19. The molecule has 2 rings (SSSR count). The van der Waals surface area contributed by atoms with E-state index in [1.165, 1.54) is 5.56 Å². The standard InChI is InChI=1S/C19H28N2O3/c1-21(14-6-5-9-15-7-3-2-4-8-15)19(24)20-17-12-10-16(11-13-17)18(22)23/h2-4,7-8,16-17H,5-6,9-14H2,1H3,(H,20,24)(H,22,23). The van der Waals surface area contributed by atoms with Crippen LogP contribution in [0.5, 0.6) is 0 Å². The number of hydrogen-bond acceptors (Lipinski definition) is 2. The van der Waals surface area contributed by atoms with E-state index in [9.17, 15) is 9.59 Å². The SMILES string of the molecule is CN(CCCCc1ccccc1)C(=O)NC1CCC(C(=O)O)CC1. The Hall–Kier alpha value is -2.04. The summed E-state index contributed by atoms with van der Waals surface area (Å²) in [7, 11) is 1.82. The Bertz CT molecular complexity index is 525. The van der Waals surface area contributed by atoms with Crippen molar-refractivity contribution in [2.45, 2.75) is 51.0 Å². The fraction of sp³-hybridized carbons (Fsp3) is 0.579. The van der Waals surface area contributed by atoms with E-state index in [0.717, 1.165) is 38.6 Å². The summed E-state index contributed by atoms with van der Waals surface area (Å²) >= 11 is 0. The molecule has 0 aromatic heterocycles. The number of aryl methyl sites for hydroxylation is 1. The highest BCUT2D eigenvalue weighted by Gasteiger charge is 2.27. The summed E-state index contributed by atoms with van der Waals surface area (Å²) in [6.45, 7) is 0.739. The lowest BCUT2D eigenvalue weighted by Gasteiger charge is -2.28. The summed E-state index contributed by atoms with van der Waals surface area (Å²) in [5, 5.41) is 12.0. The molecule has 0 bridgehead atoms. The topological polar surface area (TPSA) is 69.6 Å². The summed E-state index contributed by atoms with van der Waals surface area (Å²) in [4.78, 5) is 24.9. The number of carbonyl (C=O) groups is 2. The molecule has 0 aliphatic heterocycles. The molecule has 1 aromatic carbocycles. The molecule has 1 aliphatic rings. The predicted octanol–water partition coefficient (Wildman–Crippen LogP) is 3.29. The van der Waals surface area contributed by atoms with Crippen LogP contribution in [-0.2, 0) is 11.2 Å². The molecule has 1 aliphatic carbocycles. The first-order valence-electron chi connectivity index (χ1n) is 8.84. The minimum atomic E-state index is -0.713. The Balaban J connectivity index is 1.61. The fourth-order valence-electron chi connectivity index (χ4n) is 3.19. The zero-order chi connectivity index (χ0) is 17.4. The van der Waals surface area contributed by atoms with E-state index in [2.05, 4.69) is 17.4 Å². The van der Waals surface area contributed by atoms with Crippen molar-refractivity contribution in [1.29, 1.82) is 0 Å².